The van der Waals surface area contributed by atoms with Gasteiger partial charge in [-0.2, -0.15) is 0 Å². The molecule has 1 aromatic carbocycles. The van der Waals surface area contributed by atoms with Gasteiger partial charge in [0.15, 0.2) is 0 Å². The minimum absolute atomic E-state index is 0.109. The summed E-state index contributed by atoms with van der Waals surface area (Å²) in [5.74, 6) is 2.81. The van der Waals surface area contributed by atoms with Crippen molar-refractivity contribution in [1.82, 2.24) is 5.32 Å². The molecule has 0 spiro atoms. The highest BCUT2D eigenvalue weighted by molar-refractivity contribution is 5.88. The predicted octanol–water partition coefficient (Wildman–Crippen LogP) is 4.05. The summed E-state index contributed by atoms with van der Waals surface area (Å²) in [5, 5.41) is 3.52. The second-order valence-electron chi connectivity index (χ2n) is 8.64. The van der Waals surface area contributed by atoms with E-state index < -0.39 is 5.41 Å². The zero-order chi connectivity index (χ0) is 15.4. The molecule has 4 bridgehead atoms. The van der Waals surface area contributed by atoms with Crippen LogP contribution < -0.4 is 5.32 Å². The van der Waals surface area contributed by atoms with E-state index in [1.807, 2.05) is 18.2 Å². The molecule has 4 aliphatic rings. The van der Waals surface area contributed by atoms with Gasteiger partial charge in [-0.15, -0.1) is 0 Å². The lowest BCUT2D eigenvalue weighted by Crippen LogP contribution is -2.62. The maximum Gasteiger partial charge on any atom is 0.230 e. The molecule has 2 heteroatoms. The van der Waals surface area contributed by atoms with Crippen molar-refractivity contribution in [3.63, 3.8) is 0 Å². The second-order valence-corrected chi connectivity index (χ2v) is 8.64. The summed E-state index contributed by atoms with van der Waals surface area (Å²) in [6.45, 7) is 4.11. The number of carbonyl (C=O) groups is 1. The molecule has 4 fully saturated rings. The minimum Gasteiger partial charge on any atom is -0.350 e. The van der Waals surface area contributed by atoms with Gasteiger partial charge in [0.2, 0.25) is 5.91 Å². The molecule has 0 unspecified atom stereocenters. The summed E-state index contributed by atoms with van der Waals surface area (Å²) < 4.78 is 0. The molecule has 0 heterocycles. The highest BCUT2D eigenvalue weighted by Crippen LogP contribution is 2.55. The Kier molecular flexibility index (Phi) is 3.15. The summed E-state index contributed by atoms with van der Waals surface area (Å²) in [6.07, 6.45) is 7.90. The van der Waals surface area contributed by atoms with Gasteiger partial charge >= 0.3 is 0 Å². The van der Waals surface area contributed by atoms with Crippen LogP contribution in [0.2, 0.25) is 0 Å². The first-order valence-electron chi connectivity index (χ1n) is 8.85. The first kappa shape index (κ1) is 14.3. The summed E-state index contributed by atoms with van der Waals surface area (Å²) in [4.78, 5) is 13.0. The van der Waals surface area contributed by atoms with Crippen molar-refractivity contribution in [1.29, 1.82) is 0 Å². The Morgan fingerprint density at radius 3 is 2.00 bits per heavy atom. The normalized spacial score (nSPS) is 36.4. The SMILES string of the molecule is CC(C)(C(=O)NC12CC3CC(CC(C3)C1)C2)c1ccccc1. The topological polar surface area (TPSA) is 29.1 Å². The lowest BCUT2D eigenvalue weighted by atomic mass is 9.53. The highest BCUT2D eigenvalue weighted by atomic mass is 16.2. The van der Waals surface area contributed by atoms with E-state index in [9.17, 15) is 4.79 Å². The maximum atomic E-state index is 13.0. The van der Waals surface area contributed by atoms with Gasteiger partial charge in [-0.1, -0.05) is 30.3 Å². The Morgan fingerprint density at radius 1 is 1.00 bits per heavy atom. The smallest absolute Gasteiger partial charge is 0.230 e. The Hall–Kier alpha value is -1.31. The fourth-order valence-corrected chi connectivity index (χ4v) is 5.65. The van der Waals surface area contributed by atoms with Crippen LogP contribution in [0, 0.1) is 17.8 Å². The van der Waals surface area contributed by atoms with E-state index in [4.69, 9.17) is 0 Å². The molecule has 0 atom stereocenters. The van der Waals surface area contributed by atoms with Crippen LogP contribution in [0.5, 0.6) is 0 Å². The summed E-state index contributed by atoms with van der Waals surface area (Å²) in [5.41, 5.74) is 0.764. The van der Waals surface area contributed by atoms with Gasteiger partial charge in [0.1, 0.15) is 0 Å². The van der Waals surface area contributed by atoms with Crippen LogP contribution in [-0.2, 0) is 10.2 Å². The molecule has 118 valence electrons. The van der Waals surface area contributed by atoms with Crippen LogP contribution in [0.15, 0.2) is 30.3 Å². The molecule has 22 heavy (non-hydrogen) atoms. The van der Waals surface area contributed by atoms with Gasteiger partial charge in [-0.25, -0.2) is 0 Å². The van der Waals surface area contributed by atoms with Gasteiger partial charge in [0.05, 0.1) is 5.41 Å². The zero-order valence-corrected chi connectivity index (χ0v) is 13.8. The molecule has 1 aromatic rings. The van der Waals surface area contributed by atoms with Gasteiger partial charge in [0.25, 0.3) is 0 Å². The molecular formula is C20H27NO. The molecule has 0 radical (unpaired) electrons. The first-order chi connectivity index (χ1) is 10.5. The Morgan fingerprint density at radius 2 is 1.50 bits per heavy atom. The van der Waals surface area contributed by atoms with Crippen molar-refractivity contribution < 1.29 is 4.79 Å². The summed E-state index contributed by atoms with van der Waals surface area (Å²) in [6, 6.07) is 10.2. The quantitative estimate of drug-likeness (QED) is 0.896. The van der Waals surface area contributed by atoms with E-state index in [-0.39, 0.29) is 11.4 Å². The standard InChI is InChI=1S/C20H27NO/c1-19(2,17-6-4-3-5-7-17)18(22)21-20-11-14-8-15(12-20)10-16(9-14)13-20/h3-7,14-16H,8-13H2,1-2H3,(H,21,22). The average molecular weight is 297 g/mol. The summed E-state index contributed by atoms with van der Waals surface area (Å²) in [7, 11) is 0. The molecule has 4 saturated carbocycles. The average Bonchev–Trinajstić information content (AvgIpc) is 2.46. The highest BCUT2D eigenvalue weighted by Gasteiger charge is 2.52. The van der Waals surface area contributed by atoms with Crippen LogP contribution >= 0.6 is 0 Å². The molecule has 5 rings (SSSR count). The lowest BCUT2D eigenvalue weighted by Gasteiger charge is -2.57. The van der Waals surface area contributed by atoms with Crippen LogP contribution in [0.25, 0.3) is 0 Å². The number of hydrogen-bond donors (Lipinski definition) is 1. The largest absolute Gasteiger partial charge is 0.350 e. The molecular weight excluding hydrogens is 270 g/mol. The molecule has 4 aliphatic carbocycles. The molecule has 2 nitrogen and oxygen atoms in total. The number of hydrogen-bond acceptors (Lipinski definition) is 1. The Labute approximate surface area is 133 Å². The van der Waals surface area contributed by atoms with Crippen LogP contribution in [0.1, 0.15) is 57.9 Å². The van der Waals surface area contributed by atoms with Crippen molar-refractivity contribution in [3.8, 4) is 0 Å². The lowest BCUT2D eigenvalue weighted by molar-refractivity contribution is -0.131. The monoisotopic (exact) mass is 297 g/mol. The van der Waals surface area contributed by atoms with Crippen LogP contribution in [-0.4, -0.2) is 11.4 Å². The number of amides is 1. The first-order valence-corrected chi connectivity index (χ1v) is 8.85. The number of benzene rings is 1. The molecule has 1 amide bonds. The number of carbonyl (C=O) groups excluding carboxylic acids is 1. The van der Waals surface area contributed by atoms with Crippen molar-refractivity contribution in [2.24, 2.45) is 17.8 Å². The molecule has 0 aromatic heterocycles. The predicted molar refractivity (Wildman–Crippen MR) is 88.5 cm³/mol. The second kappa shape index (κ2) is 4.84. The van der Waals surface area contributed by atoms with Gasteiger partial charge < -0.3 is 5.32 Å². The van der Waals surface area contributed by atoms with E-state index in [0.717, 1.165) is 23.3 Å². The van der Waals surface area contributed by atoms with E-state index in [1.165, 1.54) is 38.5 Å². The fourth-order valence-electron chi connectivity index (χ4n) is 5.65. The molecule has 1 N–H and O–H groups in total. The third kappa shape index (κ3) is 2.28. The Bertz CT molecular complexity index is 539. The van der Waals surface area contributed by atoms with E-state index in [2.05, 4.69) is 31.3 Å². The van der Waals surface area contributed by atoms with Crippen molar-refractivity contribution in [3.05, 3.63) is 35.9 Å². The van der Waals surface area contributed by atoms with E-state index in [1.54, 1.807) is 0 Å². The minimum atomic E-state index is -0.454. The number of nitrogens with one attached hydrogen (secondary N) is 1. The maximum absolute atomic E-state index is 13.0. The fraction of sp³-hybridized carbons (Fsp3) is 0.650. The zero-order valence-electron chi connectivity index (χ0n) is 13.8. The van der Waals surface area contributed by atoms with Gasteiger partial charge in [0, 0.05) is 5.54 Å². The molecule has 0 saturated heterocycles. The van der Waals surface area contributed by atoms with E-state index in [0.29, 0.717) is 0 Å². The third-order valence-electron chi connectivity index (χ3n) is 6.48. The van der Waals surface area contributed by atoms with Gasteiger partial charge in [-0.05, 0) is 75.7 Å². The summed E-state index contributed by atoms with van der Waals surface area (Å²) >= 11 is 0. The molecule has 0 aliphatic heterocycles. The van der Waals surface area contributed by atoms with Crippen molar-refractivity contribution in [2.45, 2.75) is 63.3 Å². The Balaban J connectivity index is 1.55. The van der Waals surface area contributed by atoms with Gasteiger partial charge in [-0.3, -0.25) is 4.79 Å². The van der Waals surface area contributed by atoms with E-state index >= 15 is 0 Å². The van der Waals surface area contributed by atoms with Crippen LogP contribution in [0.3, 0.4) is 0 Å². The van der Waals surface area contributed by atoms with Crippen molar-refractivity contribution >= 4 is 5.91 Å². The third-order valence-corrected chi connectivity index (χ3v) is 6.48. The number of rotatable bonds is 3. The van der Waals surface area contributed by atoms with Crippen LogP contribution in [0.4, 0.5) is 0 Å². The van der Waals surface area contributed by atoms with Crippen molar-refractivity contribution in [2.75, 3.05) is 0 Å².